The minimum Gasteiger partial charge on any atom is -0.377 e. The second-order valence-corrected chi connectivity index (χ2v) is 4.54. The minimum absolute atomic E-state index is 0.114. The fourth-order valence-corrected chi connectivity index (χ4v) is 1.98. The Morgan fingerprint density at radius 3 is 2.57 bits per heavy atom. The van der Waals surface area contributed by atoms with Crippen LogP contribution in [0.3, 0.4) is 0 Å². The third-order valence-electron chi connectivity index (χ3n) is 2.90. The quantitative estimate of drug-likeness (QED) is 0.948. The molecule has 0 atom stereocenters. The van der Waals surface area contributed by atoms with Crippen molar-refractivity contribution in [1.82, 2.24) is 9.97 Å². The lowest BCUT2D eigenvalue weighted by Gasteiger charge is -2.11. The van der Waals surface area contributed by atoms with E-state index < -0.39 is 11.7 Å². The number of aromatic amines is 1. The van der Waals surface area contributed by atoms with E-state index in [0.29, 0.717) is 22.6 Å². The van der Waals surface area contributed by atoms with Crippen molar-refractivity contribution < 1.29 is 17.9 Å². The zero-order valence-corrected chi connectivity index (χ0v) is 11.4. The van der Waals surface area contributed by atoms with E-state index in [4.69, 9.17) is 4.74 Å². The number of aryl methyl sites for hydroxylation is 1. The summed E-state index contributed by atoms with van der Waals surface area (Å²) >= 11 is 0. The lowest BCUT2D eigenvalue weighted by molar-refractivity contribution is -0.137. The summed E-state index contributed by atoms with van der Waals surface area (Å²) in [7, 11) is 1.45. The molecule has 0 amide bonds. The van der Waals surface area contributed by atoms with Gasteiger partial charge in [-0.3, -0.25) is 4.79 Å². The van der Waals surface area contributed by atoms with Crippen LogP contribution in [0.25, 0.3) is 11.3 Å². The first kappa shape index (κ1) is 15.2. The molecule has 0 aliphatic rings. The number of methoxy groups -OCH3 is 1. The van der Waals surface area contributed by atoms with Crippen molar-refractivity contribution in [2.24, 2.45) is 0 Å². The molecule has 0 radical (unpaired) electrons. The van der Waals surface area contributed by atoms with Gasteiger partial charge in [0.1, 0.15) is 12.4 Å². The number of aromatic nitrogens is 2. The van der Waals surface area contributed by atoms with E-state index in [9.17, 15) is 18.0 Å². The highest BCUT2D eigenvalue weighted by Crippen LogP contribution is 2.32. The average molecular weight is 298 g/mol. The highest BCUT2D eigenvalue weighted by atomic mass is 19.4. The van der Waals surface area contributed by atoms with E-state index in [0.717, 1.165) is 12.1 Å². The molecule has 0 spiro atoms. The predicted molar refractivity (Wildman–Crippen MR) is 70.7 cm³/mol. The second-order valence-electron chi connectivity index (χ2n) is 4.54. The van der Waals surface area contributed by atoms with E-state index in [1.807, 2.05) is 0 Å². The Bertz CT molecular complexity index is 708. The van der Waals surface area contributed by atoms with Gasteiger partial charge in [0.05, 0.1) is 11.3 Å². The number of ether oxygens (including phenoxy) is 1. The highest BCUT2D eigenvalue weighted by molar-refractivity contribution is 5.63. The average Bonchev–Trinajstić information content (AvgIpc) is 2.37. The van der Waals surface area contributed by atoms with Crippen LogP contribution in [0.15, 0.2) is 29.1 Å². The van der Waals surface area contributed by atoms with Crippen LogP contribution in [0.2, 0.25) is 0 Å². The first-order valence-electron chi connectivity index (χ1n) is 6.08. The molecule has 0 unspecified atom stereocenters. The minimum atomic E-state index is -4.40. The molecule has 0 saturated heterocycles. The molecule has 0 aliphatic carbocycles. The maximum atomic E-state index is 12.6. The van der Waals surface area contributed by atoms with Crippen LogP contribution in [0.5, 0.6) is 0 Å². The molecular formula is C14H13F3N2O2. The Morgan fingerprint density at radius 2 is 2.00 bits per heavy atom. The number of halogens is 3. The lowest BCUT2D eigenvalue weighted by atomic mass is 10.0. The summed E-state index contributed by atoms with van der Waals surface area (Å²) in [6.45, 7) is 1.66. The van der Waals surface area contributed by atoms with Crippen molar-refractivity contribution in [2.75, 3.05) is 7.11 Å². The van der Waals surface area contributed by atoms with Gasteiger partial charge in [-0.1, -0.05) is 6.07 Å². The SMILES string of the molecule is COCc1nc(-c2ccc(C(F)(F)F)cc2C)cc(=O)[nH]1. The van der Waals surface area contributed by atoms with E-state index in [1.165, 1.54) is 19.2 Å². The van der Waals surface area contributed by atoms with Crippen molar-refractivity contribution in [3.63, 3.8) is 0 Å². The van der Waals surface area contributed by atoms with Crippen molar-refractivity contribution in [1.29, 1.82) is 0 Å². The van der Waals surface area contributed by atoms with Gasteiger partial charge in [0, 0.05) is 18.7 Å². The molecule has 0 bridgehead atoms. The summed E-state index contributed by atoms with van der Waals surface area (Å²) in [6, 6.07) is 4.57. The molecule has 21 heavy (non-hydrogen) atoms. The first-order chi connectivity index (χ1) is 9.81. The monoisotopic (exact) mass is 298 g/mol. The van der Waals surface area contributed by atoms with Crippen LogP contribution in [0.4, 0.5) is 13.2 Å². The molecule has 7 heteroatoms. The molecule has 4 nitrogen and oxygen atoms in total. The fourth-order valence-electron chi connectivity index (χ4n) is 1.98. The predicted octanol–water partition coefficient (Wildman–Crippen LogP) is 2.91. The molecule has 0 aliphatic heterocycles. The molecule has 0 saturated carbocycles. The number of nitrogens with one attached hydrogen (secondary N) is 1. The summed E-state index contributed by atoms with van der Waals surface area (Å²) in [6.07, 6.45) is -4.40. The zero-order valence-electron chi connectivity index (χ0n) is 11.4. The molecule has 1 aromatic carbocycles. The Balaban J connectivity index is 2.50. The Labute approximate surface area is 118 Å². The van der Waals surface area contributed by atoms with Gasteiger partial charge in [0.25, 0.3) is 5.56 Å². The van der Waals surface area contributed by atoms with Crippen molar-refractivity contribution in [3.8, 4) is 11.3 Å². The summed E-state index contributed by atoms with van der Waals surface area (Å²) in [5.74, 6) is 0.319. The molecule has 2 aromatic rings. The highest BCUT2D eigenvalue weighted by Gasteiger charge is 2.30. The largest absolute Gasteiger partial charge is 0.416 e. The Morgan fingerprint density at radius 1 is 1.29 bits per heavy atom. The van der Waals surface area contributed by atoms with Gasteiger partial charge < -0.3 is 9.72 Å². The number of benzene rings is 1. The molecule has 1 aromatic heterocycles. The number of rotatable bonds is 3. The third-order valence-corrected chi connectivity index (χ3v) is 2.90. The smallest absolute Gasteiger partial charge is 0.377 e. The van der Waals surface area contributed by atoms with Gasteiger partial charge in [0.2, 0.25) is 0 Å². The van der Waals surface area contributed by atoms with Gasteiger partial charge in [-0.05, 0) is 24.6 Å². The molecule has 1 heterocycles. The Hall–Kier alpha value is -2.15. The molecule has 2 rings (SSSR count). The Kier molecular flexibility index (Phi) is 4.13. The number of hydrogen-bond acceptors (Lipinski definition) is 3. The van der Waals surface area contributed by atoms with Crippen LogP contribution < -0.4 is 5.56 Å². The van der Waals surface area contributed by atoms with Gasteiger partial charge >= 0.3 is 6.18 Å². The van der Waals surface area contributed by atoms with Crippen LogP contribution in [-0.4, -0.2) is 17.1 Å². The lowest BCUT2D eigenvalue weighted by Crippen LogP contribution is -2.12. The molecule has 112 valence electrons. The molecule has 0 fully saturated rings. The van der Waals surface area contributed by atoms with E-state index in [-0.39, 0.29) is 12.2 Å². The summed E-state index contributed by atoms with van der Waals surface area (Å²) in [5, 5.41) is 0. The molecular weight excluding hydrogens is 285 g/mol. The standard InChI is InChI=1S/C14H13F3N2O2/c1-8-5-9(14(15,16)17)3-4-10(8)11-6-13(20)19-12(18-11)7-21-2/h3-6H,7H2,1-2H3,(H,18,19,20). The van der Waals surface area contributed by atoms with E-state index in [1.54, 1.807) is 6.92 Å². The van der Waals surface area contributed by atoms with Crippen molar-refractivity contribution in [2.45, 2.75) is 19.7 Å². The second kappa shape index (κ2) is 5.69. The topological polar surface area (TPSA) is 55.0 Å². The van der Waals surface area contributed by atoms with Crippen molar-refractivity contribution >= 4 is 0 Å². The maximum Gasteiger partial charge on any atom is 0.416 e. The van der Waals surface area contributed by atoms with Gasteiger partial charge in [0.15, 0.2) is 0 Å². The summed E-state index contributed by atoms with van der Waals surface area (Å²) in [5.41, 5.74) is 0.0758. The summed E-state index contributed by atoms with van der Waals surface area (Å²) in [4.78, 5) is 18.3. The number of H-pyrrole nitrogens is 1. The van der Waals surface area contributed by atoms with Gasteiger partial charge in [-0.2, -0.15) is 13.2 Å². The third kappa shape index (κ3) is 3.49. The molecule has 1 N–H and O–H groups in total. The number of hydrogen-bond donors (Lipinski definition) is 1. The van der Waals surface area contributed by atoms with Gasteiger partial charge in [-0.15, -0.1) is 0 Å². The van der Waals surface area contributed by atoms with Crippen LogP contribution in [-0.2, 0) is 17.5 Å². The fraction of sp³-hybridized carbons (Fsp3) is 0.286. The first-order valence-corrected chi connectivity index (χ1v) is 6.08. The number of alkyl halides is 3. The van der Waals surface area contributed by atoms with Crippen LogP contribution in [0, 0.1) is 6.92 Å². The van der Waals surface area contributed by atoms with E-state index in [2.05, 4.69) is 9.97 Å². The van der Waals surface area contributed by atoms with Gasteiger partial charge in [-0.25, -0.2) is 4.98 Å². The zero-order chi connectivity index (χ0) is 15.6. The van der Waals surface area contributed by atoms with Crippen molar-refractivity contribution in [3.05, 3.63) is 51.6 Å². The number of nitrogens with zero attached hydrogens (tertiary/aromatic N) is 1. The normalized spacial score (nSPS) is 11.7. The van der Waals surface area contributed by atoms with E-state index >= 15 is 0 Å². The van der Waals surface area contributed by atoms with Crippen LogP contribution in [0.1, 0.15) is 17.0 Å². The maximum absolute atomic E-state index is 12.6. The van der Waals surface area contributed by atoms with Crippen LogP contribution >= 0.6 is 0 Å². The summed E-state index contributed by atoms with van der Waals surface area (Å²) < 4.78 is 42.8.